The molecule has 0 fully saturated rings. The van der Waals surface area contributed by atoms with Gasteiger partial charge in [-0.2, -0.15) is 0 Å². The van der Waals surface area contributed by atoms with Gasteiger partial charge >= 0.3 is 0 Å². The smallest absolute Gasteiger partial charge is 0.248 e. The highest BCUT2D eigenvalue weighted by Gasteiger charge is 1.99. The van der Waals surface area contributed by atoms with Gasteiger partial charge in [-0.25, -0.2) is 0 Å². The molecule has 0 atom stereocenters. The maximum atomic E-state index is 11.3. The Hall–Kier alpha value is -1.88. The molecule has 0 radical (unpaired) electrons. The van der Waals surface area contributed by atoms with Gasteiger partial charge in [-0.3, -0.25) is 9.79 Å². The Bertz CT molecular complexity index is 371. The zero-order valence-corrected chi connectivity index (χ0v) is 8.01. The summed E-state index contributed by atoms with van der Waals surface area (Å²) < 4.78 is 0. The number of nitrogens with two attached hydrogens (primary N) is 1. The molecule has 1 aromatic carbocycles. The first-order valence-electron chi connectivity index (χ1n) is 4.37. The number of carbonyl (C=O) groups excluding carboxylic acids is 1. The van der Waals surface area contributed by atoms with Crippen molar-refractivity contribution < 1.29 is 15.0 Å². The van der Waals surface area contributed by atoms with Crippen LogP contribution in [0, 0.1) is 0 Å². The normalized spacial score (nSPS) is 11.4. The zero-order chi connectivity index (χ0) is 11.3. The van der Waals surface area contributed by atoms with Gasteiger partial charge in [0.1, 0.15) is 0 Å². The van der Waals surface area contributed by atoms with Crippen LogP contribution in [0.3, 0.4) is 0 Å². The first-order valence-corrected chi connectivity index (χ1v) is 4.37. The number of hydrogen-bond donors (Lipinski definition) is 2. The van der Waals surface area contributed by atoms with Gasteiger partial charge in [0.25, 0.3) is 0 Å². The van der Waals surface area contributed by atoms with E-state index in [1.807, 2.05) is 0 Å². The highest BCUT2D eigenvalue weighted by molar-refractivity contribution is 5.95. The molecule has 0 aliphatic heterocycles. The molecule has 3 N–H and O–H groups in total. The van der Waals surface area contributed by atoms with Crippen LogP contribution in [0.1, 0.15) is 15.9 Å². The molecule has 80 valence electrons. The Kier molecular flexibility index (Phi) is 3.82. The van der Waals surface area contributed by atoms with Gasteiger partial charge in [0, 0.05) is 5.56 Å². The molecule has 1 rings (SSSR count). The SMILES string of the molecule is NC(=O)c1ccc(C([O-])=NCCO)cc1. The fourth-order valence-corrected chi connectivity index (χ4v) is 1.02. The van der Waals surface area contributed by atoms with Crippen molar-refractivity contribution in [2.45, 2.75) is 0 Å². The number of amides is 1. The maximum Gasteiger partial charge on any atom is 0.248 e. The largest absolute Gasteiger partial charge is 0.858 e. The summed E-state index contributed by atoms with van der Waals surface area (Å²) in [6, 6.07) is 5.88. The van der Waals surface area contributed by atoms with Crippen LogP contribution < -0.4 is 10.8 Å². The fraction of sp³-hybridized carbons (Fsp3) is 0.200. The number of benzene rings is 1. The van der Waals surface area contributed by atoms with Crippen molar-refractivity contribution in [1.29, 1.82) is 0 Å². The molecular formula is C10H11N2O3-. The molecule has 0 spiro atoms. The Morgan fingerprint density at radius 1 is 1.33 bits per heavy atom. The fourth-order valence-electron chi connectivity index (χ4n) is 1.02. The molecular weight excluding hydrogens is 196 g/mol. The van der Waals surface area contributed by atoms with Crippen molar-refractivity contribution in [3.63, 3.8) is 0 Å². The lowest BCUT2D eigenvalue weighted by Crippen LogP contribution is -2.20. The van der Waals surface area contributed by atoms with Gasteiger partial charge in [0.2, 0.25) is 5.91 Å². The third-order valence-electron chi connectivity index (χ3n) is 1.77. The molecule has 0 unspecified atom stereocenters. The minimum Gasteiger partial charge on any atom is -0.858 e. The van der Waals surface area contributed by atoms with Crippen LogP contribution in [0.25, 0.3) is 0 Å². The molecule has 5 nitrogen and oxygen atoms in total. The molecule has 0 saturated heterocycles. The summed E-state index contributed by atoms with van der Waals surface area (Å²) in [6.07, 6.45) is 0. The maximum absolute atomic E-state index is 11.3. The number of nitrogens with zero attached hydrogens (tertiary/aromatic N) is 1. The third kappa shape index (κ3) is 3.07. The minimum absolute atomic E-state index is 0.0798. The second kappa shape index (κ2) is 5.11. The van der Waals surface area contributed by atoms with Gasteiger partial charge < -0.3 is 15.9 Å². The van der Waals surface area contributed by atoms with Crippen LogP contribution in [-0.4, -0.2) is 30.1 Å². The van der Waals surface area contributed by atoms with E-state index >= 15 is 0 Å². The van der Waals surface area contributed by atoms with Crippen molar-refractivity contribution in [3.05, 3.63) is 35.4 Å². The van der Waals surface area contributed by atoms with Crippen molar-refractivity contribution in [3.8, 4) is 0 Å². The summed E-state index contributed by atoms with van der Waals surface area (Å²) in [5.74, 6) is -0.957. The predicted molar refractivity (Wildman–Crippen MR) is 53.4 cm³/mol. The second-order valence-electron chi connectivity index (χ2n) is 2.85. The Morgan fingerprint density at radius 2 is 1.87 bits per heavy atom. The van der Waals surface area contributed by atoms with Gasteiger partial charge in [-0.1, -0.05) is 12.1 Å². The average molecular weight is 207 g/mol. The number of aliphatic hydroxyl groups is 1. The highest BCUT2D eigenvalue weighted by atomic mass is 16.3. The van der Waals surface area contributed by atoms with Gasteiger partial charge in [0.05, 0.1) is 13.2 Å². The molecule has 1 aromatic rings. The number of carbonyl (C=O) groups is 1. The second-order valence-corrected chi connectivity index (χ2v) is 2.85. The quantitative estimate of drug-likeness (QED) is 0.483. The number of aliphatic hydroxyl groups excluding tert-OH is 1. The summed E-state index contributed by atoms with van der Waals surface area (Å²) in [5, 5.41) is 19.8. The Labute approximate surface area is 86.9 Å². The summed E-state index contributed by atoms with van der Waals surface area (Å²) in [4.78, 5) is 14.3. The lowest BCUT2D eigenvalue weighted by Gasteiger charge is -2.10. The molecule has 0 aromatic heterocycles. The molecule has 0 saturated carbocycles. The zero-order valence-electron chi connectivity index (χ0n) is 8.01. The summed E-state index contributed by atoms with van der Waals surface area (Å²) >= 11 is 0. The van der Waals surface area contributed by atoms with Gasteiger partial charge in [-0.05, 0) is 23.6 Å². The number of rotatable bonds is 4. The summed E-state index contributed by atoms with van der Waals surface area (Å²) in [6.45, 7) is -0.0818. The molecule has 5 heteroatoms. The topological polar surface area (TPSA) is 98.7 Å². The van der Waals surface area contributed by atoms with E-state index in [2.05, 4.69) is 4.99 Å². The lowest BCUT2D eigenvalue weighted by molar-refractivity contribution is -0.213. The third-order valence-corrected chi connectivity index (χ3v) is 1.77. The van der Waals surface area contributed by atoms with Crippen molar-refractivity contribution >= 4 is 11.8 Å². The van der Waals surface area contributed by atoms with Crippen LogP contribution in [0.2, 0.25) is 0 Å². The lowest BCUT2D eigenvalue weighted by atomic mass is 10.1. The van der Waals surface area contributed by atoms with E-state index in [4.69, 9.17) is 10.8 Å². The minimum atomic E-state index is -0.540. The van der Waals surface area contributed by atoms with E-state index in [1.165, 1.54) is 24.3 Å². The van der Waals surface area contributed by atoms with Crippen LogP contribution in [0.5, 0.6) is 0 Å². The first kappa shape index (κ1) is 11.2. The monoisotopic (exact) mass is 207 g/mol. The van der Waals surface area contributed by atoms with Crippen molar-refractivity contribution in [2.75, 3.05) is 13.2 Å². The highest BCUT2D eigenvalue weighted by Crippen LogP contribution is 2.03. The average Bonchev–Trinajstić information content (AvgIpc) is 2.26. The van der Waals surface area contributed by atoms with Crippen LogP contribution in [0.15, 0.2) is 29.3 Å². The molecule has 0 heterocycles. The van der Waals surface area contributed by atoms with E-state index < -0.39 is 11.8 Å². The van der Waals surface area contributed by atoms with E-state index in [0.717, 1.165) is 0 Å². The summed E-state index contributed by atoms with van der Waals surface area (Å²) in [5.41, 5.74) is 5.75. The van der Waals surface area contributed by atoms with Crippen LogP contribution >= 0.6 is 0 Å². The first-order chi connectivity index (χ1) is 7.15. The predicted octanol–water partition coefficient (Wildman–Crippen LogP) is -1.12. The summed E-state index contributed by atoms with van der Waals surface area (Å²) in [7, 11) is 0. The van der Waals surface area contributed by atoms with Gasteiger partial charge in [-0.15, -0.1) is 0 Å². The Morgan fingerprint density at radius 3 is 2.33 bits per heavy atom. The van der Waals surface area contributed by atoms with E-state index in [9.17, 15) is 9.90 Å². The van der Waals surface area contributed by atoms with Crippen molar-refractivity contribution in [1.82, 2.24) is 0 Å². The van der Waals surface area contributed by atoms with E-state index in [1.54, 1.807) is 0 Å². The molecule has 0 aliphatic rings. The molecule has 15 heavy (non-hydrogen) atoms. The van der Waals surface area contributed by atoms with Crippen LogP contribution in [0.4, 0.5) is 0 Å². The van der Waals surface area contributed by atoms with E-state index in [-0.39, 0.29) is 13.2 Å². The van der Waals surface area contributed by atoms with Gasteiger partial charge in [0.15, 0.2) is 0 Å². The van der Waals surface area contributed by atoms with Crippen molar-refractivity contribution in [2.24, 2.45) is 10.7 Å². The van der Waals surface area contributed by atoms with E-state index in [0.29, 0.717) is 11.1 Å². The van der Waals surface area contributed by atoms with Crippen LogP contribution in [-0.2, 0) is 0 Å². The Balaban J connectivity index is 2.84. The number of aliphatic imine (C=N–C) groups is 1. The standard InChI is InChI=1S/C10H12N2O3/c11-9(14)7-1-3-8(4-2-7)10(15)12-5-6-13/h1-4,13H,5-6H2,(H2,11,14)(H,12,15)/p-1. The molecule has 0 aliphatic carbocycles. The number of primary amides is 1. The number of hydrogen-bond acceptors (Lipinski definition) is 4. The molecule has 0 bridgehead atoms. The molecule has 1 amide bonds.